The molecule has 4 fully saturated rings. The van der Waals surface area contributed by atoms with Crippen molar-refractivity contribution >= 4 is 64.8 Å². The number of ether oxygens (including phenoxy) is 2. The summed E-state index contributed by atoms with van der Waals surface area (Å²) in [5, 5.41) is 46.3. The lowest BCUT2D eigenvalue weighted by molar-refractivity contribution is -0.145. The first-order valence-corrected chi connectivity index (χ1v) is 36.6. The average Bonchev–Trinajstić information content (AvgIpc) is 1.66. The molecule has 102 heavy (non-hydrogen) atoms. The van der Waals surface area contributed by atoms with E-state index in [1.807, 2.05) is 71.6 Å². The number of nitrogens with one attached hydrogen (secondary N) is 3. The summed E-state index contributed by atoms with van der Waals surface area (Å²) in [5.74, 6) is -1.15. The summed E-state index contributed by atoms with van der Waals surface area (Å²) in [7, 11) is 1.49. The number of aromatic carboxylic acids is 2. The van der Waals surface area contributed by atoms with Crippen LogP contribution in [0.4, 0.5) is 5.69 Å². The van der Waals surface area contributed by atoms with Crippen LogP contribution in [0.1, 0.15) is 183 Å². The minimum Gasteiger partial charge on any atom is -0.496 e. The molecule has 4 aliphatic rings. The Morgan fingerprint density at radius 1 is 0.598 bits per heavy atom. The molecule has 20 heteroatoms. The number of anilines is 1. The number of halogens is 1. The number of carbonyl (C=O) groups excluding carboxylic acids is 4. The number of rotatable bonds is 27. The van der Waals surface area contributed by atoms with Crippen LogP contribution in [0.5, 0.6) is 11.5 Å². The maximum Gasteiger partial charge on any atom is 0.339 e. The van der Waals surface area contributed by atoms with E-state index in [-0.39, 0.29) is 59.6 Å². The van der Waals surface area contributed by atoms with E-state index in [0.29, 0.717) is 84.1 Å². The number of aliphatic carboxylic acids is 2. The van der Waals surface area contributed by atoms with Gasteiger partial charge in [0.1, 0.15) is 23.1 Å². The van der Waals surface area contributed by atoms with Crippen LogP contribution in [0.15, 0.2) is 146 Å². The molecule has 19 nitrogen and oxygen atoms in total. The van der Waals surface area contributed by atoms with Crippen LogP contribution in [-0.4, -0.2) is 125 Å². The van der Waals surface area contributed by atoms with Gasteiger partial charge in [0, 0.05) is 62.2 Å². The maximum atomic E-state index is 13.1. The molecule has 5 unspecified atom stereocenters. The van der Waals surface area contributed by atoms with Gasteiger partial charge >= 0.3 is 23.9 Å². The van der Waals surface area contributed by atoms with E-state index >= 15 is 0 Å². The summed E-state index contributed by atoms with van der Waals surface area (Å²) in [4.78, 5) is 99.8. The Balaban J connectivity index is 0.000000193. The molecular weight excluding hydrogens is 1310 g/mol. The van der Waals surface area contributed by atoms with Gasteiger partial charge in [-0.1, -0.05) is 149 Å². The largest absolute Gasteiger partial charge is 0.496 e. The molecule has 0 radical (unpaired) electrons. The molecule has 0 bridgehead atoms. The second kappa shape index (κ2) is 41.0. The highest BCUT2D eigenvalue weighted by Gasteiger charge is 2.38. The standard InChI is InChI=1S/C27H36N2O4.C19H25NO3.C19H27NO3.C17H16ClNO4/c1-4-33-25-17-20(12-13-22(25)27(31)32)18-26(30)28-23(16-19(2)3)21-10-6-7-11-24(21)29-14-8-5-9-15-29;21-18(20-12-15-8-4-5-9-16(15)13-20)11-17(19(22)23)10-14-6-2-1-3-7-14;1-13(2)15-8-10-16(11-9-15)18(21)20-17(19(22)23)12-14-6-4-3-5-7-14;1-23-15-7-6-13(18)10-14(15)16(20)19-9-8-11-2-4-12(5-3-11)17(21)22/h6-7,10-13,17,19,23H,4-5,8-9,14-16,18H2,1-3H3,(H,28,30)(H,31,32);1-3,6-7,15-17H,4-5,8-13H2,(H,22,23);3-7,13,15-17H,8-12H2,1-2H3,(H,20,21)(H,22,23);2-7,10H,8-9H2,1H3,(H,19,20)(H,21,22). The number of fused-ring (bicyclic) bond motifs is 1. The highest BCUT2D eigenvalue weighted by molar-refractivity contribution is 6.31. The van der Waals surface area contributed by atoms with Gasteiger partial charge in [-0.05, 0) is 190 Å². The summed E-state index contributed by atoms with van der Waals surface area (Å²) >= 11 is 5.90. The van der Waals surface area contributed by atoms with E-state index in [2.05, 4.69) is 66.7 Å². The number of benzene rings is 6. The van der Waals surface area contributed by atoms with Gasteiger partial charge in [-0.15, -0.1) is 0 Å². The third-order valence-electron chi connectivity index (χ3n) is 19.7. The van der Waals surface area contributed by atoms with Crippen molar-refractivity contribution in [2.75, 3.05) is 51.3 Å². The number of piperidine rings is 1. The van der Waals surface area contributed by atoms with Gasteiger partial charge in [0.15, 0.2) is 0 Å². The lowest BCUT2D eigenvalue weighted by Gasteiger charge is -2.33. The van der Waals surface area contributed by atoms with E-state index in [1.165, 1.54) is 63.8 Å². The summed E-state index contributed by atoms with van der Waals surface area (Å²) in [5.41, 5.74) is 6.66. The molecule has 2 heterocycles. The molecule has 4 amide bonds. The van der Waals surface area contributed by atoms with Crippen LogP contribution in [-0.2, 0) is 49.7 Å². The van der Waals surface area contributed by atoms with Crippen molar-refractivity contribution in [3.63, 3.8) is 0 Å². The smallest absolute Gasteiger partial charge is 0.339 e. The molecule has 10 rings (SSSR count). The summed E-state index contributed by atoms with van der Waals surface area (Å²) in [6.07, 6.45) is 15.0. The minimum atomic E-state index is -1.04. The van der Waals surface area contributed by atoms with Gasteiger partial charge in [0.05, 0.1) is 43.2 Å². The average molecular weight is 1420 g/mol. The molecule has 0 aromatic heterocycles. The van der Waals surface area contributed by atoms with Gasteiger partial charge in [0.2, 0.25) is 17.7 Å². The SMILES string of the molecule is CC(C)C1CCC(C(=O)NC(Cc2ccccc2)C(=O)O)CC1.CCOc1cc(CC(=O)NC(CC(C)C)c2ccccc2N2CCCCC2)ccc1C(=O)O.COc1ccc(Cl)cc1C(=O)NCCc1ccc(C(=O)O)cc1.O=C(O)C(CC(=O)N1CC2CCCCC2C1)Cc1ccccc1. The fraction of sp³-hybridized carbons (Fsp3) is 0.463. The molecule has 5 atom stereocenters. The highest BCUT2D eigenvalue weighted by atomic mass is 35.5. The van der Waals surface area contributed by atoms with Crippen LogP contribution < -0.4 is 30.3 Å². The quantitative estimate of drug-likeness (QED) is 0.0252. The first-order chi connectivity index (χ1) is 49.0. The van der Waals surface area contributed by atoms with E-state index in [0.717, 1.165) is 86.1 Å². The van der Waals surface area contributed by atoms with Crippen LogP contribution in [0.3, 0.4) is 0 Å². The number of methoxy groups -OCH3 is 1. The number of hydrogen-bond donors (Lipinski definition) is 7. The van der Waals surface area contributed by atoms with Gasteiger partial charge in [-0.2, -0.15) is 0 Å². The monoisotopic (exact) mass is 1420 g/mol. The zero-order valence-corrected chi connectivity index (χ0v) is 60.7. The van der Waals surface area contributed by atoms with Crippen LogP contribution >= 0.6 is 11.6 Å². The number of amides is 4. The Morgan fingerprint density at radius 3 is 1.77 bits per heavy atom. The van der Waals surface area contributed by atoms with E-state index in [1.54, 1.807) is 61.5 Å². The Morgan fingerprint density at radius 2 is 1.21 bits per heavy atom. The van der Waals surface area contributed by atoms with Crippen LogP contribution in [0.25, 0.3) is 0 Å². The highest BCUT2D eigenvalue weighted by Crippen LogP contribution is 2.38. The predicted molar refractivity (Wildman–Crippen MR) is 396 cm³/mol. The molecule has 2 aliphatic heterocycles. The Kier molecular flexibility index (Phi) is 32.2. The molecule has 2 aliphatic carbocycles. The van der Waals surface area contributed by atoms with Gasteiger partial charge < -0.3 is 55.7 Å². The second-order valence-corrected chi connectivity index (χ2v) is 28.4. The van der Waals surface area contributed by atoms with Crippen LogP contribution in [0.2, 0.25) is 5.02 Å². The Labute approximate surface area is 606 Å². The molecular formula is C82H104ClN5O14. The lowest BCUT2D eigenvalue weighted by Crippen LogP contribution is -2.45. The van der Waals surface area contributed by atoms with Crippen molar-refractivity contribution in [2.24, 2.45) is 41.4 Å². The first-order valence-electron chi connectivity index (χ1n) is 36.2. The van der Waals surface area contributed by atoms with Crippen molar-refractivity contribution in [1.82, 2.24) is 20.9 Å². The predicted octanol–water partition coefficient (Wildman–Crippen LogP) is 14.5. The van der Waals surface area contributed by atoms with Crippen molar-refractivity contribution < 1.29 is 68.3 Å². The van der Waals surface area contributed by atoms with Crippen molar-refractivity contribution in [2.45, 2.75) is 156 Å². The summed E-state index contributed by atoms with van der Waals surface area (Å²) in [6, 6.07) is 42.7. The topological polar surface area (TPSA) is 279 Å². The number of carbonyl (C=O) groups is 8. The Bertz CT molecular complexity index is 3670. The third-order valence-corrected chi connectivity index (χ3v) is 19.9. The number of hydrogen-bond acceptors (Lipinski definition) is 11. The third kappa shape index (κ3) is 25.4. The van der Waals surface area contributed by atoms with Gasteiger partial charge in [-0.25, -0.2) is 14.4 Å². The number of likely N-dealkylation sites (tertiary alicyclic amines) is 1. The molecule has 6 aromatic carbocycles. The van der Waals surface area contributed by atoms with Gasteiger partial charge in [-0.3, -0.25) is 24.0 Å². The van der Waals surface area contributed by atoms with Crippen molar-refractivity contribution in [3.8, 4) is 11.5 Å². The molecule has 548 valence electrons. The number of carboxylic acids is 4. The zero-order valence-electron chi connectivity index (χ0n) is 60.0. The first kappa shape index (κ1) is 80.1. The zero-order chi connectivity index (χ0) is 73.7. The fourth-order valence-corrected chi connectivity index (χ4v) is 14.2. The summed E-state index contributed by atoms with van der Waals surface area (Å²) in [6.45, 7) is 15.1. The molecule has 2 saturated heterocycles. The number of nitrogens with zero attached hydrogens (tertiary/aromatic N) is 2. The van der Waals surface area contributed by atoms with E-state index in [4.69, 9.17) is 26.2 Å². The second-order valence-electron chi connectivity index (χ2n) is 27.9. The van der Waals surface area contributed by atoms with Gasteiger partial charge in [0.25, 0.3) is 5.91 Å². The van der Waals surface area contributed by atoms with E-state index < -0.39 is 35.8 Å². The summed E-state index contributed by atoms with van der Waals surface area (Å²) < 4.78 is 10.6. The lowest BCUT2D eigenvalue weighted by atomic mass is 9.76. The molecule has 7 N–H and O–H groups in total. The number of carboxylic acid groups (broad SMARTS) is 4. The normalized spacial score (nSPS) is 17.8. The minimum absolute atomic E-state index is 0.0164. The number of para-hydroxylation sites is 1. The van der Waals surface area contributed by atoms with E-state index in [9.17, 15) is 53.7 Å². The van der Waals surface area contributed by atoms with Crippen molar-refractivity contribution in [3.05, 3.63) is 195 Å². The fourth-order valence-electron chi connectivity index (χ4n) is 14.1. The molecule has 0 spiro atoms. The maximum absolute atomic E-state index is 13.1. The molecule has 2 saturated carbocycles. The molecule has 6 aromatic rings. The van der Waals surface area contributed by atoms with Crippen molar-refractivity contribution in [1.29, 1.82) is 0 Å². The Hall–Kier alpha value is -9.23. The van der Waals surface area contributed by atoms with Crippen LogP contribution in [0, 0.1) is 41.4 Å².